The summed E-state index contributed by atoms with van der Waals surface area (Å²) < 4.78 is 1.91. The van der Waals surface area contributed by atoms with Gasteiger partial charge in [0.2, 0.25) is 17.6 Å². The van der Waals surface area contributed by atoms with Crippen LogP contribution < -0.4 is 16.0 Å². The van der Waals surface area contributed by atoms with Crippen LogP contribution in [0.25, 0.3) is 10.9 Å². The van der Waals surface area contributed by atoms with Gasteiger partial charge >= 0.3 is 0 Å². The van der Waals surface area contributed by atoms with Gasteiger partial charge in [-0.3, -0.25) is 24.0 Å². The molecule has 2 aromatic rings. The third-order valence-electron chi connectivity index (χ3n) is 8.99. The molecule has 4 fully saturated rings. The maximum Gasteiger partial charge on any atom is 0.289 e. The highest BCUT2D eigenvalue weighted by atomic mass is 16.2. The Morgan fingerprint density at radius 1 is 1.10 bits per heavy atom. The molecule has 10 nitrogen and oxygen atoms in total. The zero-order chi connectivity index (χ0) is 27.3. The predicted molar refractivity (Wildman–Crippen MR) is 142 cm³/mol. The van der Waals surface area contributed by atoms with E-state index in [1.165, 1.54) is 0 Å². The molecule has 0 radical (unpaired) electrons. The highest BCUT2D eigenvalue weighted by Crippen LogP contribution is 2.55. The molecule has 10 heteroatoms. The number of nitrogens with zero attached hydrogens (tertiary/aromatic N) is 2. The molecule has 3 N–H and O–H groups in total. The molecule has 3 heterocycles. The van der Waals surface area contributed by atoms with Crippen molar-refractivity contribution in [1.29, 1.82) is 0 Å². The molecular weight excluding hydrogens is 498 g/mol. The number of amides is 4. The smallest absolute Gasteiger partial charge is 0.289 e. The van der Waals surface area contributed by atoms with Crippen molar-refractivity contribution in [3.05, 3.63) is 36.0 Å². The van der Waals surface area contributed by atoms with E-state index in [1.54, 1.807) is 11.1 Å². The monoisotopic (exact) mass is 533 g/mol. The third kappa shape index (κ3) is 5.04. The van der Waals surface area contributed by atoms with Crippen molar-refractivity contribution < 1.29 is 24.0 Å². The molecule has 1 spiro atoms. The number of piperidine rings is 1. The van der Waals surface area contributed by atoms with Gasteiger partial charge in [-0.05, 0) is 62.8 Å². The highest BCUT2D eigenvalue weighted by Gasteiger charge is 2.51. The highest BCUT2D eigenvalue weighted by molar-refractivity contribution is 6.38. The van der Waals surface area contributed by atoms with Gasteiger partial charge in [0.05, 0.1) is 11.6 Å². The molecule has 4 amide bonds. The average Bonchev–Trinajstić information content (AvgIpc) is 3.84. The fourth-order valence-corrected chi connectivity index (χ4v) is 6.21. The van der Waals surface area contributed by atoms with E-state index in [9.17, 15) is 24.0 Å². The van der Waals surface area contributed by atoms with Gasteiger partial charge in [-0.15, -0.1) is 0 Å². The normalized spacial score (nSPS) is 24.3. The van der Waals surface area contributed by atoms with Gasteiger partial charge in [-0.2, -0.15) is 0 Å². The van der Waals surface area contributed by atoms with Gasteiger partial charge in [0.25, 0.3) is 11.8 Å². The Bertz CT molecular complexity index is 1360. The topological polar surface area (TPSA) is 130 Å². The summed E-state index contributed by atoms with van der Waals surface area (Å²) in [4.78, 5) is 67.6. The van der Waals surface area contributed by atoms with Crippen LogP contribution in [-0.4, -0.2) is 70.1 Å². The maximum absolute atomic E-state index is 13.9. The Labute approximate surface area is 226 Å². The van der Waals surface area contributed by atoms with Gasteiger partial charge in [0.1, 0.15) is 6.04 Å². The molecule has 6 rings (SSSR count). The van der Waals surface area contributed by atoms with Crippen LogP contribution in [0.5, 0.6) is 0 Å². The lowest BCUT2D eigenvalue weighted by Crippen LogP contribution is -2.58. The molecular formula is C29H35N5O5. The van der Waals surface area contributed by atoms with E-state index in [0.29, 0.717) is 31.5 Å². The number of benzene rings is 1. The Kier molecular flexibility index (Phi) is 6.43. The quantitative estimate of drug-likeness (QED) is 0.442. The van der Waals surface area contributed by atoms with E-state index in [2.05, 4.69) is 16.0 Å². The first-order valence-electron chi connectivity index (χ1n) is 14.0. The fraction of sp³-hybridized carbons (Fsp3) is 0.552. The van der Waals surface area contributed by atoms with Crippen LogP contribution in [0.3, 0.4) is 0 Å². The number of carbonyl (C=O) groups is 5. The van der Waals surface area contributed by atoms with Gasteiger partial charge in [-0.25, -0.2) is 0 Å². The lowest BCUT2D eigenvalue weighted by molar-refractivity contribution is -0.141. The first-order valence-corrected chi connectivity index (χ1v) is 14.0. The van der Waals surface area contributed by atoms with Crippen LogP contribution in [-0.2, 0) is 26.2 Å². The Morgan fingerprint density at radius 2 is 1.87 bits per heavy atom. The summed E-state index contributed by atoms with van der Waals surface area (Å²) in [5.74, 6) is -2.75. The number of hydrogen-bond acceptors (Lipinski definition) is 5. The van der Waals surface area contributed by atoms with Crippen LogP contribution in [0, 0.1) is 11.3 Å². The first kappa shape index (κ1) is 25.6. The van der Waals surface area contributed by atoms with Crippen LogP contribution >= 0.6 is 0 Å². The fourth-order valence-electron chi connectivity index (χ4n) is 6.21. The second kappa shape index (κ2) is 9.81. The van der Waals surface area contributed by atoms with Crippen LogP contribution in [0.15, 0.2) is 30.5 Å². The van der Waals surface area contributed by atoms with Crippen molar-refractivity contribution in [2.24, 2.45) is 18.4 Å². The van der Waals surface area contributed by atoms with E-state index in [-0.39, 0.29) is 29.7 Å². The zero-order valence-electron chi connectivity index (χ0n) is 22.2. The van der Waals surface area contributed by atoms with Crippen LogP contribution in [0.2, 0.25) is 0 Å². The summed E-state index contributed by atoms with van der Waals surface area (Å²) in [6.07, 6.45) is 7.45. The minimum absolute atomic E-state index is 0.00513. The van der Waals surface area contributed by atoms with Gasteiger partial charge in [0.15, 0.2) is 0 Å². The minimum Gasteiger partial charge on any atom is -0.356 e. The second-order valence-electron chi connectivity index (χ2n) is 11.8. The summed E-state index contributed by atoms with van der Waals surface area (Å²) in [5.41, 5.74) is 1.52. The maximum atomic E-state index is 13.9. The summed E-state index contributed by atoms with van der Waals surface area (Å²) in [6, 6.07) is 5.78. The Balaban J connectivity index is 1.25. The molecule has 39 heavy (non-hydrogen) atoms. The number of ketones is 1. The molecule has 0 bridgehead atoms. The first-order chi connectivity index (χ1) is 18.7. The van der Waals surface area contributed by atoms with Gasteiger partial charge in [0, 0.05) is 49.2 Å². The molecule has 3 atom stereocenters. The van der Waals surface area contributed by atoms with Crippen molar-refractivity contribution in [3.8, 4) is 0 Å². The molecule has 2 aliphatic heterocycles. The lowest BCUT2D eigenvalue weighted by atomic mass is 9.86. The van der Waals surface area contributed by atoms with Crippen molar-refractivity contribution in [2.45, 2.75) is 69.5 Å². The van der Waals surface area contributed by atoms with Gasteiger partial charge in [-0.1, -0.05) is 18.2 Å². The minimum atomic E-state index is -1.13. The van der Waals surface area contributed by atoms with E-state index < -0.39 is 35.6 Å². The SMILES string of the molecule is Cn1cc(C(=O)N2CCC3(CC3)C[C@H]2C(=O)NC(C[C@@H]2CCNC2=O)C(=O)C(=O)NC2CC2)c2ccccc21. The standard InChI is InChI=1S/C29H35N5O5/c1-33-16-20(19-4-2-3-5-22(19)33)28(39)34-13-11-29(9-10-29)15-23(34)26(37)32-21(14-17-8-12-30-25(17)36)24(35)27(38)31-18-6-7-18/h2-5,16-18,21,23H,6-15H2,1H3,(H,30,36)(H,31,38)(H,32,37)/t17-,21?,23-/m0/s1. The van der Waals surface area contributed by atoms with E-state index in [4.69, 9.17) is 0 Å². The zero-order valence-corrected chi connectivity index (χ0v) is 22.2. The van der Waals surface area contributed by atoms with Crippen molar-refractivity contribution in [2.75, 3.05) is 13.1 Å². The van der Waals surface area contributed by atoms with E-state index in [1.807, 2.05) is 35.9 Å². The van der Waals surface area contributed by atoms with Crippen molar-refractivity contribution in [1.82, 2.24) is 25.4 Å². The molecule has 2 saturated carbocycles. The summed E-state index contributed by atoms with van der Waals surface area (Å²) in [6.45, 7) is 0.955. The van der Waals surface area contributed by atoms with Crippen LogP contribution in [0.1, 0.15) is 61.7 Å². The number of para-hydroxylation sites is 1. The van der Waals surface area contributed by atoms with Crippen molar-refractivity contribution >= 4 is 40.3 Å². The van der Waals surface area contributed by atoms with Gasteiger partial charge < -0.3 is 25.4 Å². The van der Waals surface area contributed by atoms with E-state index >= 15 is 0 Å². The molecule has 1 aromatic heterocycles. The third-order valence-corrected chi connectivity index (χ3v) is 8.99. The predicted octanol–water partition coefficient (Wildman–Crippen LogP) is 1.42. The number of carbonyl (C=O) groups excluding carboxylic acids is 5. The number of hydrogen-bond donors (Lipinski definition) is 3. The Hall–Kier alpha value is -3.69. The molecule has 2 aliphatic carbocycles. The number of Topliss-reactive ketones (excluding diaryl/α,β-unsaturated/α-hetero) is 1. The average molecular weight is 534 g/mol. The molecule has 4 aliphatic rings. The molecule has 1 unspecified atom stereocenters. The summed E-state index contributed by atoms with van der Waals surface area (Å²) in [7, 11) is 1.89. The van der Waals surface area contributed by atoms with Crippen molar-refractivity contribution in [3.63, 3.8) is 0 Å². The number of likely N-dealkylation sites (tertiary alicyclic amines) is 1. The summed E-state index contributed by atoms with van der Waals surface area (Å²) >= 11 is 0. The molecule has 2 saturated heterocycles. The summed E-state index contributed by atoms with van der Waals surface area (Å²) in [5, 5.41) is 9.12. The van der Waals surface area contributed by atoms with E-state index in [0.717, 1.165) is 43.0 Å². The number of nitrogens with one attached hydrogen (secondary N) is 3. The molecule has 206 valence electrons. The number of aromatic nitrogens is 1. The molecule has 1 aromatic carbocycles. The number of aryl methyl sites for hydroxylation is 1. The number of rotatable bonds is 8. The second-order valence-corrected chi connectivity index (χ2v) is 11.8. The lowest BCUT2D eigenvalue weighted by Gasteiger charge is -2.39. The van der Waals surface area contributed by atoms with Crippen LogP contribution in [0.4, 0.5) is 0 Å². The number of fused-ring (bicyclic) bond motifs is 1. The largest absolute Gasteiger partial charge is 0.356 e. The Morgan fingerprint density at radius 3 is 2.56 bits per heavy atom.